The predicted molar refractivity (Wildman–Crippen MR) is 80.3 cm³/mol. The van der Waals surface area contributed by atoms with Crippen LogP contribution >= 0.6 is 0 Å². The van der Waals surface area contributed by atoms with E-state index in [1.54, 1.807) is 19.1 Å². The van der Waals surface area contributed by atoms with Crippen LogP contribution in [0.5, 0.6) is 5.75 Å². The van der Waals surface area contributed by atoms with Gasteiger partial charge in [-0.15, -0.1) is 0 Å². The van der Waals surface area contributed by atoms with Gasteiger partial charge in [0.25, 0.3) is 0 Å². The fourth-order valence-electron chi connectivity index (χ4n) is 1.48. The Bertz CT molecular complexity index is 506. The number of nitrogens with one attached hydrogen (secondary N) is 1. The Morgan fingerprint density at radius 1 is 1.24 bits per heavy atom. The van der Waals surface area contributed by atoms with E-state index in [9.17, 15) is 9.59 Å². The van der Waals surface area contributed by atoms with Crippen molar-refractivity contribution in [2.45, 2.75) is 26.7 Å². The molecule has 5 heteroatoms. The van der Waals surface area contributed by atoms with Gasteiger partial charge in [0, 0.05) is 5.57 Å². The van der Waals surface area contributed by atoms with Crippen LogP contribution in [-0.4, -0.2) is 25.2 Å². The van der Waals surface area contributed by atoms with Gasteiger partial charge in [-0.1, -0.05) is 32.6 Å². The molecule has 0 aromatic heterocycles. The lowest BCUT2D eigenvalue weighted by Gasteiger charge is -2.09. The van der Waals surface area contributed by atoms with E-state index in [1.807, 2.05) is 12.1 Å². The topological polar surface area (TPSA) is 64.6 Å². The molecule has 5 nitrogen and oxygen atoms in total. The van der Waals surface area contributed by atoms with Crippen molar-refractivity contribution in [1.82, 2.24) is 5.32 Å². The van der Waals surface area contributed by atoms with Crippen LogP contribution in [-0.2, 0) is 9.53 Å². The number of ether oxygens (including phenoxy) is 2. The standard InChI is InChI=1S/C16H21NO4/c1-11(2)13-5-7-14(8-6-13)21-16(19)17-9-10-20-15(18)12(3)4/h5-8,11H,3,9-10H2,1-2,4H3,(H,17,19). The van der Waals surface area contributed by atoms with Crippen molar-refractivity contribution < 1.29 is 19.1 Å². The zero-order valence-corrected chi connectivity index (χ0v) is 12.6. The number of carbonyl (C=O) groups is 2. The fourth-order valence-corrected chi connectivity index (χ4v) is 1.48. The van der Waals surface area contributed by atoms with E-state index in [2.05, 4.69) is 25.7 Å². The molecule has 1 N–H and O–H groups in total. The molecule has 0 aliphatic heterocycles. The zero-order chi connectivity index (χ0) is 15.8. The summed E-state index contributed by atoms with van der Waals surface area (Å²) in [6.45, 7) is 9.46. The summed E-state index contributed by atoms with van der Waals surface area (Å²) >= 11 is 0. The molecule has 0 saturated heterocycles. The van der Waals surface area contributed by atoms with Crippen LogP contribution in [0.2, 0.25) is 0 Å². The number of hydrogen-bond donors (Lipinski definition) is 1. The SMILES string of the molecule is C=C(C)C(=O)OCCNC(=O)Oc1ccc(C(C)C)cc1. The van der Waals surface area contributed by atoms with Crippen molar-refractivity contribution in [1.29, 1.82) is 0 Å². The molecule has 0 saturated carbocycles. The van der Waals surface area contributed by atoms with Gasteiger partial charge in [-0.25, -0.2) is 9.59 Å². The Morgan fingerprint density at radius 2 is 1.86 bits per heavy atom. The van der Waals surface area contributed by atoms with E-state index < -0.39 is 12.1 Å². The van der Waals surface area contributed by atoms with Crippen LogP contribution in [0.15, 0.2) is 36.4 Å². The molecule has 0 bridgehead atoms. The Labute approximate surface area is 124 Å². The highest BCUT2D eigenvalue weighted by molar-refractivity contribution is 5.86. The molecule has 1 amide bonds. The molecule has 0 aliphatic carbocycles. The fraction of sp³-hybridized carbons (Fsp3) is 0.375. The molecular weight excluding hydrogens is 270 g/mol. The van der Waals surface area contributed by atoms with Crippen molar-refractivity contribution in [3.05, 3.63) is 42.0 Å². The maximum atomic E-state index is 11.5. The Hall–Kier alpha value is -2.30. The lowest BCUT2D eigenvalue weighted by atomic mass is 10.0. The summed E-state index contributed by atoms with van der Waals surface area (Å²) in [5.41, 5.74) is 1.50. The Balaban J connectivity index is 2.30. The number of benzene rings is 1. The Kier molecular flexibility index (Phi) is 6.46. The van der Waals surface area contributed by atoms with Gasteiger partial charge in [0.05, 0.1) is 6.54 Å². The molecule has 0 spiro atoms. The van der Waals surface area contributed by atoms with E-state index in [-0.39, 0.29) is 13.2 Å². The van der Waals surface area contributed by atoms with Crippen LogP contribution in [0, 0.1) is 0 Å². The smallest absolute Gasteiger partial charge is 0.412 e. The summed E-state index contributed by atoms with van der Waals surface area (Å²) in [6, 6.07) is 7.33. The summed E-state index contributed by atoms with van der Waals surface area (Å²) in [4.78, 5) is 22.6. The molecule has 0 atom stereocenters. The summed E-state index contributed by atoms with van der Waals surface area (Å²) in [7, 11) is 0. The molecule has 1 aromatic rings. The normalized spacial score (nSPS) is 10.1. The molecule has 21 heavy (non-hydrogen) atoms. The van der Waals surface area contributed by atoms with Crippen LogP contribution in [0.4, 0.5) is 4.79 Å². The van der Waals surface area contributed by atoms with Crippen LogP contribution in [0.3, 0.4) is 0 Å². The third-order valence-electron chi connectivity index (χ3n) is 2.71. The average Bonchev–Trinajstić information content (AvgIpc) is 2.43. The van der Waals surface area contributed by atoms with E-state index in [0.717, 1.165) is 0 Å². The van der Waals surface area contributed by atoms with Crippen molar-refractivity contribution in [2.24, 2.45) is 0 Å². The van der Waals surface area contributed by atoms with Gasteiger partial charge >= 0.3 is 12.1 Å². The van der Waals surface area contributed by atoms with E-state index >= 15 is 0 Å². The molecule has 0 radical (unpaired) electrons. The second-order valence-electron chi connectivity index (χ2n) is 4.96. The molecular formula is C16H21NO4. The Morgan fingerprint density at radius 3 is 2.38 bits per heavy atom. The number of carbonyl (C=O) groups excluding carboxylic acids is 2. The number of amides is 1. The number of rotatable bonds is 6. The van der Waals surface area contributed by atoms with Crippen LogP contribution in [0.25, 0.3) is 0 Å². The lowest BCUT2D eigenvalue weighted by Crippen LogP contribution is -2.30. The van der Waals surface area contributed by atoms with Gasteiger partial charge in [-0.05, 0) is 30.5 Å². The van der Waals surface area contributed by atoms with Crippen molar-refractivity contribution in [3.63, 3.8) is 0 Å². The molecule has 0 fully saturated rings. The zero-order valence-electron chi connectivity index (χ0n) is 12.6. The maximum Gasteiger partial charge on any atom is 0.412 e. The lowest BCUT2D eigenvalue weighted by molar-refractivity contribution is -0.138. The van der Waals surface area contributed by atoms with Crippen molar-refractivity contribution >= 4 is 12.1 Å². The van der Waals surface area contributed by atoms with Crippen LogP contribution < -0.4 is 10.1 Å². The van der Waals surface area contributed by atoms with Gasteiger partial charge in [-0.3, -0.25) is 0 Å². The third-order valence-corrected chi connectivity index (χ3v) is 2.71. The van der Waals surface area contributed by atoms with Gasteiger partial charge < -0.3 is 14.8 Å². The molecule has 0 heterocycles. The van der Waals surface area contributed by atoms with Crippen molar-refractivity contribution in [2.75, 3.05) is 13.2 Å². The van der Waals surface area contributed by atoms with E-state index in [4.69, 9.17) is 9.47 Å². The van der Waals surface area contributed by atoms with Gasteiger partial charge in [0.15, 0.2) is 0 Å². The van der Waals surface area contributed by atoms with Crippen molar-refractivity contribution in [3.8, 4) is 5.75 Å². The molecule has 0 unspecified atom stereocenters. The second kappa shape index (κ2) is 8.09. The molecule has 114 valence electrons. The first-order valence-electron chi connectivity index (χ1n) is 6.78. The monoisotopic (exact) mass is 291 g/mol. The highest BCUT2D eigenvalue weighted by atomic mass is 16.6. The first-order chi connectivity index (χ1) is 9.90. The maximum absolute atomic E-state index is 11.5. The second-order valence-corrected chi connectivity index (χ2v) is 4.96. The largest absolute Gasteiger partial charge is 0.460 e. The van der Waals surface area contributed by atoms with Gasteiger partial charge in [0.2, 0.25) is 0 Å². The quantitative estimate of drug-likeness (QED) is 0.497. The minimum absolute atomic E-state index is 0.0765. The predicted octanol–water partition coefficient (Wildman–Crippen LogP) is 3.02. The molecule has 1 rings (SSSR count). The number of hydrogen-bond acceptors (Lipinski definition) is 4. The minimum Gasteiger partial charge on any atom is -0.460 e. The molecule has 1 aromatic carbocycles. The van der Waals surface area contributed by atoms with Gasteiger partial charge in [-0.2, -0.15) is 0 Å². The van der Waals surface area contributed by atoms with E-state index in [0.29, 0.717) is 17.2 Å². The highest BCUT2D eigenvalue weighted by Crippen LogP contribution is 2.18. The molecule has 0 aliphatic rings. The summed E-state index contributed by atoms with van der Waals surface area (Å²) in [5, 5.41) is 2.49. The summed E-state index contributed by atoms with van der Waals surface area (Å²) in [6.07, 6.45) is -0.585. The number of esters is 1. The van der Waals surface area contributed by atoms with Gasteiger partial charge in [0.1, 0.15) is 12.4 Å². The van der Waals surface area contributed by atoms with E-state index in [1.165, 1.54) is 5.56 Å². The first kappa shape index (κ1) is 16.8. The average molecular weight is 291 g/mol. The summed E-state index contributed by atoms with van der Waals surface area (Å²) in [5.74, 6) is 0.418. The third kappa shape index (κ3) is 6.12. The van der Waals surface area contributed by atoms with Crippen LogP contribution in [0.1, 0.15) is 32.3 Å². The summed E-state index contributed by atoms with van der Waals surface area (Å²) < 4.78 is 9.93. The minimum atomic E-state index is -0.585. The highest BCUT2D eigenvalue weighted by Gasteiger charge is 2.06. The first-order valence-corrected chi connectivity index (χ1v) is 6.78.